The van der Waals surface area contributed by atoms with Crippen molar-refractivity contribution in [3.63, 3.8) is 0 Å². The molecule has 0 unspecified atom stereocenters. The molecule has 126 valence electrons. The van der Waals surface area contributed by atoms with E-state index in [0.29, 0.717) is 11.4 Å². The molecule has 23 heavy (non-hydrogen) atoms. The standard InChI is InChI=1S/C15H19NO6S/c1-22-13-4-2-12(3-5-13)16(10-14(17)18)15(19)11-6-8-23(20,21)9-7-11/h2-5,11H,6-10H2,1H3,(H,17,18)/p-1. The first kappa shape index (κ1) is 17.3. The fourth-order valence-corrected chi connectivity index (χ4v) is 4.04. The number of carbonyl (C=O) groups excluding carboxylic acids is 2. The smallest absolute Gasteiger partial charge is 0.230 e. The van der Waals surface area contributed by atoms with Gasteiger partial charge in [-0.05, 0) is 37.1 Å². The molecule has 0 radical (unpaired) electrons. The van der Waals surface area contributed by atoms with Gasteiger partial charge in [0.1, 0.15) is 15.6 Å². The van der Waals surface area contributed by atoms with Gasteiger partial charge in [-0.25, -0.2) is 8.42 Å². The third-order valence-electron chi connectivity index (χ3n) is 3.84. The van der Waals surface area contributed by atoms with Gasteiger partial charge in [0, 0.05) is 11.6 Å². The minimum Gasteiger partial charge on any atom is -0.548 e. The summed E-state index contributed by atoms with van der Waals surface area (Å²) in [7, 11) is -1.59. The third kappa shape index (κ3) is 4.44. The van der Waals surface area contributed by atoms with Crippen LogP contribution in [0.1, 0.15) is 12.8 Å². The lowest BCUT2D eigenvalue weighted by molar-refractivity contribution is -0.303. The van der Waals surface area contributed by atoms with Crippen molar-refractivity contribution in [2.75, 3.05) is 30.1 Å². The Morgan fingerprint density at radius 1 is 1.22 bits per heavy atom. The number of hydrogen-bond acceptors (Lipinski definition) is 6. The number of sulfone groups is 1. The molecular weight excluding hydrogens is 322 g/mol. The lowest BCUT2D eigenvalue weighted by Crippen LogP contribution is -2.45. The van der Waals surface area contributed by atoms with Crippen LogP contribution in [0.2, 0.25) is 0 Å². The van der Waals surface area contributed by atoms with Crippen LogP contribution in [-0.2, 0) is 19.4 Å². The third-order valence-corrected chi connectivity index (χ3v) is 5.56. The zero-order chi connectivity index (χ0) is 17.0. The summed E-state index contributed by atoms with van der Waals surface area (Å²) in [4.78, 5) is 24.7. The van der Waals surface area contributed by atoms with Crippen LogP contribution in [0.4, 0.5) is 5.69 Å². The summed E-state index contributed by atoms with van der Waals surface area (Å²) in [5.74, 6) is -1.79. The number of aliphatic carboxylic acids is 1. The molecule has 0 aromatic heterocycles. The molecule has 1 aromatic carbocycles. The van der Waals surface area contributed by atoms with Crippen molar-refractivity contribution in [2.24, 2.45) is 5.92 Å². The second-order valence-corrected chi connectivity index (χ2v) is 7.72. The number of benzene rings is 1. The van der Waals surface area contributed by atoms with Gasteiger partial charge < -0.3 is 19.5 Å². The molecule has 1 saturated heterocycles. The van der Waals surface area contributed by atoms with Gasteiger partial charge >= 0.3 is 0 Å². The highest BCUT2D eigenvalue weighted by Gasteiger charge is 2.31. The number of carbonyl (C=O) groups is 2. The van der Waals surface area contributed by atoms with Crippen LogP contribution in [0, 0.1) is 5.92 Å². The first-order valence-corrected chi connectivity index (χ1v) is 9.00. The van der Waals surface area contributed by atoms with Crippen LogP contribution >= 0.6 is 0 Å². The summed E-state index contributed by atoms with van der Waals surface area (Å²) in [6, 6.07) is 6.41. The lowest BCUT2D eigenvalue weighted by atomic mass is 10.0. The monoisotopic (exact) mass is 340 g/mol. The van der Waals surface area contributed by atoms with Gasteiger partial charge in [-0.1, -0.05) is 0 Å². The molecule has 1 aliphatic rings. The lowest BCUT2D eigenvalue weighted by Gasteiger charge is -2.29. The van der Waals surface area contributed by atoms with Crippen LogP contribution in [0.15, 0.2) is 24.3 Å². The number of carboxylic acid groups (broad SMARTS) is 1. The molecule has 2 rings (SSSR count). The number of ether oxygens (including phenoxy) is 1. The number of methoxy groups -OCH3 is 1. The molecule has 0 atom stereocenters. The molecule has 0 bridgehead atoms. The van der Waals surface area contributed by atoms with Crippen molar-refractivity contribution in [2.45, 2.75) is 12.8 Å². The summed E-state index contributed by atoms with van der Waals surface area (Å²) >= 11 is 0. The van der Waals surface area contributed by atoms with Gasteiger partial charge in [0.05, 0.1) is 31.1 Å². The maximum Gasteiger partial charge on any atom is 0.230 e. The number of amides is 1. The topological polar surface area (TPSA) is 104 Å². The van der Waals surface area contributed by atoms with E-state index in [0.717, 1.165) is 4.90 Å². The van der Waals surface area contributed by atoms with Crippen LogP contribution < -0.4 is 14.7 Å². The second kappa shape index (κ2) is 6.99. The van der Waals surface area contributed by atoms with Crippen molar-refractivity contribution in [1.82, 2.24) is 0 Å². The quantitative estimate of drug-likeness (QED) is 0.723. The average molecular weight is 340 g/mol. The van der Waals surface area contributed by atoms with Crippen molar-refractivity contribution in [3.8, 4) is 5.75 Å². The highest BCUT2D eigenvalue weighted by atomic mass is 32.2. The first-order chi connectivity index (χ1) is 10.8. The van der Waals surface area contributed by atoms with Gasteiger partial charge in [-0.2, -0.15) is 0 Å². The molecule has 0 aliphatic carbocycles. The second-order valence-electron chi connectivity index (χ2n) is 5.42. The molecule has 7 nitrogen and oxygen atoms in total. The van der Waals surface area contributed by atoms with Crippen LogP contribution in [0.25, 0.3) is 0 Å². The summed E-state index contributed by atoms with van der Waals surface area (Å²) in [5.41, 5.74) is 0.411. The fourth-order valence-electron chi connectivity index (χ4n) is 2.55. The highest BCUT2D eigenvalue weighted by molar-refractivity contribution is 7.91. The van der Waals surface area contributed by atoms with Crippen LogP contribution in [0.5, 0.6) is 5.75 Å². The molecule has 1 fully saturated rings. The van der Waals surface area contributed by atoms with E-state index in [1.54, 1.807) is 24.3 Å². The minimum absolute atomic E-state index is 0.0504. The Kier molecular flexibility index (Phi) is 5.25. The summed E-state index contributed by atoms with van der Waals surface area (Å²) in [6.45, 7) is -0.575. The largest absolute Gasteiger partial charge is 0.548 e. The number of nitrogens with zero attached hydrogens (tertiary/aromatic N) is 1. The Bertz CT molecular complexity index is 668. The Morgan fingerprint density at radius 2 is 1.78 bits per heavy atom. The number of carboxylic acids is 1. The van der Waals surface area contributed by atoms with Gasteiger partial charge in [0.25, 0.3) is 0 Å². The van der Waals surface area contributed by atoms with E-state index in [1.165, 1.54) is 7.11 Å². The maximum absolute atomic E-state index is 12.6. The van der Waals surface area contributed by atoms with Gasteiger partial charge in [0.2, 0.25) is 5.91 Å². The number of anilines is 1. The van der Waals surface area contributed by atoms with E-state index < -0.39 is 34.2 Å². The molecule has 1 aliphatic heterocycles. The Morgan fingerprint density at radius 3 is 2.26 bits per heavy atom. The zero-order valence-corrected chi connectivity index (χ0v) is 13.5. The molecule has 0 spiro atoms. The van der Waals surface area contributed by atoms with E-state index in [9.17, 15) is 23.1 Å². The van der Waals surface area contributed by atoms with Crippen molar-refractivity contribution < 1.29 is 27.9 Å². The fraction of sp³-hybridized carbons (Fsp3) is 0.467. The molecule has 0 saturated carbocycles. The molecule has 1 heterocycles. The predicted octanol–water partition coefficient (Wildman–Crippen LogP) is -0.397. The maximum atomic E-state index is 12.6. The summed E-state index contributed by atoms with van der Waals surface area (Å²) < 4.78 is 28.0. The van der Waals surface area contributed by atoms with E-state index in [1.807, 2.05) is 0 Å². The van der Waals surface area contributed by atoms with Crippen molar-refractivity contribution >= 4 is 27.4 Å². The molecule has 8 heteroatoms. The van der Waals surface area contributed by atoms with Gasteiger partial charge in [-0.3, -0.25) is 4.79 Å². The number of rotatable bonds is 5. The SMILES string of the molecule is COc1ccc(N(CC(=O)[O-])C(=O)C2CCS(=O)(=O)CC2)cc1. The molecule has 0 N–H and O–H groups in total. The zero-order valence-electron chi connectivity index (χ0n) is 12.7. The van der Waals surface area contributed by atoms with Gasteiger partial charge in [0.15, 0.2) is 0 Å². The molecular formula is C15H18NO6S-. The van der Waals surface area contributed by atoms with Crippen molar-refractivity contribution in [1.29, 1.82) is 0 Å². The highest BCUT2D eigenvalue weighted by Crippen LogP contribution is 2.25. The number of hydrogen-bond donors (Lipinski definition) is 0. The normalized spacial score (nSPS) is 17.4. The van der Waals surface area contributed by atoms with E-state index in [4.69, 9.17) is 4.74 Å². The van der Waals surface area contributed by atoms with E-state index >= 15 is 0 Å². The summed E-state index contributed by atoms with van der Waals surface area (Å²) in [6.07, 6.45) is 0.418. The van der Waals surface area contributed by atoms with Crippen molar-refractivity contribution in [3.05, 3.63) is 24.3 Å². The van der Waals surface area contributed by atoms with Gasteiger partial charge in [-0.15, -0.1) is 0 Å². The van der Waals surface area contributed by atoms with E-state index in [-0.39, 0.29) is 24.3 Å². The first-order valence-electron chi connectivity index (χ1n) is 7.18. The molecule has 1 amide bonds. The average Bonchev–Trinajstić information content (AvgIpc) is 2.52. The van der Waals surface area contributed by atoms with Crippen LogP contribution in [0.3, 0.4) is 0 Å². The van der Waals surface area contributed by atoms with Crippen LogP contribution in [-0.4, -0.2) is 45.5 Å². The summed E-state index contributed by atoms with van der Waals surface area (Å²) in [5, 5.41) is 11.0. The Balaban J connectivity index is 2.20. The Hall–Kier alpha value is -2.09. The predicted molar refractivity (Wildman–Crippen MR) is 81.7 cm³/mol. The molecule has 1 aromatic rings. The van der Waals surface area contributed by atoms with E-state index in [2.05, 4.69) is 0 Å². The minimum atomic E-state index is -3.09. The Labute approximate surface area is 134 Å².